The Hall–Kier alpha value is -1.36. The van der Waals surface area contributed by atoms with Gasteiger partial charge in [-0.1, -0.05) is 5.16 Å². The second kappa shape index (κ2) is 3.87. The number of carbonyl (C=O) groups excluding carboxylic acids is 1. The molecule has 0 saturated carbocycles. The summed E-state index contributed by atoms with van der Waals surface area (Å²) in [4.78, 5) is 15.9. The third-order valence-corrected chi connectivity index (χ3v) is 1.06. The molecule has 1 aromatic rings. The van der Waals surface area contributed by atoms with Crippen LogP contribution in [-0.4, -0.2) is 17.2 Å². The maximum Gasteiger partial charge on any atom is 0.297 e. The van der Waals surface area contributed by atoms with E-state index in [-0.39, 0.29) is 11.8 Å². The van der Waals surface area contributed by atoms with Crippen LogP contribution in [0, 0.1) is 0 Å². The van der Waals surface area contributed by atoms with Crippen LogP contribution in [0.15, 0.2) is 16.9 Å². The molecule has 66 valence electrons. The van der Waals surface area contributed by atoms with Crippen LogP contribution in [0.4, 0.5) is 0 Å². The van der Waals surface area contributed by atoms with Crippen LogP contribution in [0.1, 0.15) is 24.3 Å². The lowest BCUT2D eigenvalue weighted by Gasteiger charge is -2.05. The van der Waals surface area contributed by atoms with Gasteiger partial charge in [-0.25, -0.2) is 5.48 Å². The third kappa shape index (κ3) is 2.35. The number of nitrogens with one attached hydrogen (secondary N) is 1. The number of nitrogens with zero attached hydrogens (tertiary/aromatic N) is 1. The smallest absolute Gasteiger partial charge is 0.297 e. The van der Waals surface area contributed by atoms with Crippen molar-refractivity contribution >= 4 is 5.91 Å². The number of hydrogen-bond donors (Lipinski definition) is 1. The van der Waals surface area contributed by atoms with E-state index in [0.717, 1.165) is 0 Å². The van der Waals surface area contributed by atoms with Gasteiger partial charge >= 0.3 is 0 Å². The second-order valence-electron chi connectivity index (χ2n) is 2.48. The third-order valence-electron chi connectivity index (χ3n) is 1.06. The summed E-state index contributed by atoms with van der Waals surface area (Å²) < 4.78 is 4.48. The first kappa shape index (κ1) is 8.73. The highest BCUT2D eigenvalue weighted by Gasteiger charge is 2.08. The molecule has 0 saturated heterocycles. The van der Waals surface area contributed by atoms with Crippen molar-refractivity contribution in [3.8, 4) is 0 Å². The molecule has 1 heterocycles. The molecule has 0 aliphatic rings. The molecule has 1 N–H and O–H groups in total. The van der Waals surface area contributed by atoms with E-state index in [1.165, 1.54) is 12.3 Å². The predicted molar refractivity (Wildman–Crippen MR) is 40.2 cm³/mol. The van der Waals surface area contributed by atoms with E-state index in [4.69, 9.17) is 4.84 Å². The van der Waals surface area contributed by atoms with Gasteiger partial charge < -0.3 is 4.52 Å². The number of hydroxylamine groups is 1. The minimum absolute atomic E-state index is 0.0548. The van der Waals surface area contributed by atoms with Gasteiger partial charge in [0.1, 0.15) is 6.26 Å². The van der Waals surface area contributed by atoms with Crippen molar-refractivity contribution in [1.29, 1.82) is 0 Å². The van der Waals surface area contributed by atoms with Crippen LogP contribution in [0.5, 0.6) is 0 Å². The zero-order valence-electron chi connectivity index (χ0n) is 6.90. The largest absolute Gasteiger partial charge is 0.364 e. The normalized spacial score (nSPS) is 10.2. The molecule has 0 bridgehead atoms. The molecular weight excluding hydrogens is 160 g/mol. The fourth-order valence-electron chi connectivity index (χ4n) is 0.553. The van der Waals surface area contributed by atoms with Crippen molar-refractivity contribution in [2.45, 2.75) is 20.0 Å². The van der Waals surface area contributed by atoms with Gasteiger partial charge in [-0.05, 0) is 13.8 Å². The Labute approximate surface area is 69.6 Å². The molecule has 5 heteroatoms. The van der Waals surface area contributed by atoms with Gasteiger partial charge in [0.15, 0.2) is 5.69 Å². The standard InChI is InChI=1S/C7H10N2O3/c1-5(2)12-9-7(10)6-3-4-11-8-6/h3-5H,1-2H3,(H,9,10). The maximum atomic E-state index is 11.1. The SMILES string of the molecule is CC(C)ONC(=O)c1ccon1. The van der Waals surface area contributed by atoms with Crippen LogP contribution in [0.3, 0.4) is 0 Å². The van der Waals surface area contributed by atoms with Crippen LogP contribution in [-0.2, 0) is 4.84 Å². The molecular formula is C7H10N2O3. The first-order valence-electron chi connectivity index (χ1n) is 3.56. The van der Waals surface area contributed by atoms with Gasteiger partial charge in [0.2, 0.25) is 0 Å². The number of rotatable bonds is 3. The van der Waals surface area contributed by atoms with Gasteiger partial charge in [0.05, 0.1) is 6.10 Å². The average molecular weight is 170 g/mol. The Morgan fingerprint density at radius 2 is 2.50 bits per heavy atom. The molecule has 1 amide bonds. The van der Waals surface area contributed by atoms with Gasteiger partial charge in [0.25, 0.3) is 5.91 Å². The van der Waals surface area contributed by atoms with Crippen molar-refractivity contribution in [1.82, 2.24) is 10.6 Å². The molecule has 0 unspecified atom stereocenters. The van der Waals surface area contributed by atoms with Crippen LogP contribution in [0.2, 0.25) is 0 Å². The molecule has 0 radical (unpaired) electrons. The summed E-state index contributed by atoms with van der Waals surface area (Å²) in [6.07, 6.45) is 1.27. The first-order valence-corrected chi connectivity index (χ1v) is 3.56. The van der Waals surface area contributed by atoms with E-state index in [9.17, 15) is 4.79 Å². The highest BCUT2D eigenvalue weighted by atomic mass is 16.7. The lowest BCUT2D eigenvalue weighted by molar-refractivity contribution is -0.000344. The van der Waals surface area contributed by atoms with Crippen molar-refractivity contribution in [2.75, 3.05) is 0 Å². The van der Waals surface area contributed by atoms with Gasteiger partial charge in [0, 0.05) is 6.07 Å². The predicted octanol–water partition coefficient (Wildman–Crippen LogP) is 0.744. The molecule has 1 rings (SSSR count). The Bertz CT molecular complexity index is 243. The molecule has 0 fully saturated rings. The van der Waals surface area contributed by atoms with E-state index in [1.807, 2.05) is 13.8 Å². The quantitative estimate of drug-likeness (QED) is 0.679. The monoisotopic (exact) mass is 170 g/mol. The Balaban J connectivity index is 2.40. The van der Waals surface area contributed by atoms with Crippen LogP contribution < -0.4 is 5.48 Å². The number of aromatic nitrogens is 1. The minimum atomic E-state index is -0.405. The lowest BCUT2D eigenvalue weighted by Crippen LogP contribution is -2.27. The molecule has 0 aliphatic carbocycles. The summed E-state index contributed by atoms with van der Waals surface area (Å²) in [6.45, 7) is 3.62. The highest BCUT2D eigenvalue weighted by Crippen LogP contribution is 1.94. The minimum Gasteiger partial charge on any atom is -0.364 e. The number of carbonyl (C=O) groups is 1. The van der Waals surface area contributed by atoms with Crippen molar-refractivity contribution < 1.29 is 14.2 Å². The van der Waals surface area contributed by atoms with E-state index < -0.39 is 5.91 Å². The van der Waals surface area contributed by atoms with Crippen molar-refractivity contribution in [2.24, 2.45) is 0 Å². The highest BCUT2D eigenvalue weighted by molar-refractivity contribution is 5.91. The average Bonchev–Trinajstić information content (AvgIpc) is 2.51. The fourth-order valence-corrected chi connectivity index (χ4v) is 0.553. The summed E-state index contributed by atoms with van der Waals surface area (Å²) in [5.41, 5.74) is 2.43. The Morgan fingerprint density at radius 3 is 3.00 bits per heavy atom. The molecule has 5 nitrogen and oxygen atoms in total. The van der Waals surface area contributed by atoms with Gasteiger partial charge in [-0.15, -0.1) is 0 Å². The molecule has 0 atom stereocenters. The van der Waals surface area contributed by atoms with E-state index >= 15 is 0 Å². The molecule has 0 spiro atoms. The lowest BCUT2D eigenvalue weighted by atomic mass is 10.4. The van der Waals surface area contributed by atoms with Gasteiger partial charge in [-0.3, -0.25) is 9.63 Å². The first-order chi connectivity index (χ1) is 5.70. The van der Waals surface area contributed by atoms with E-state index in [2.05, 4.69) is 15.2 Å². The molecule has 0 aromatic carbocycles. The Morgan fingerprint density at radius 1 is 1.75 bits per heavy atom. The Kier molecular flexibility index (Phi) is 2.82. The molecule has 12 heavy (non-hydrogen) atoms. The van der Waals surface area contributed by atoms with Crippen molar-refractivity contribution in [3.05, 3.63) is 18.0 Å². The molecule has 1 aromatic heterocycles. The van der Waals surface area contributed by atoms with E-state index in [0.29, 0.717) is 0 Å². The summed E-state index contributed by atoms with van der Waals surface area (Å²) in [6, 6.07) is 1.46. The second-order valence-corrected chi connectivity index (χ2v) is 2.48. The van der Waals surface area contributed by atoms with Gasteiger partial charge in [-0.2, -0.15) is 0 Å². The van der Waals surface area contributed by atoms with Crippen LogP contribution >= 0.6 is 0 Å². The van der Waals surface area contributed by atoms with E-state index in [1.54, 1.807) is 0 Å². The number of hydrogen-bond acceptors (Lipinski definition) is 4. The summed E-state index contributed by atoms with van der Waals surface area (Å²) in [7, 11) is 0. The zero-order chi connectivity index (χ0) is 8.97. The maximum absolute atomic E-state index is 11.1. The summed E-state index contributed by atoms with van der Waals surface area (Å²) in [5, 5.41) is 3.43. The van der Waals surface area contributed by atoms with Crippen LogP contribution in [0.25, 0.3) is 0 Å². The zero-order valence-corrected chi connectivity index (χ0v) is 6.90. The summed E-state index contributed by atoms with van der Waals surface area (Å²) in [5.74, 6) is -0.405. The fraction of sp³-hybridized carbons (Fsp3) is 0.429. The van der Waals surface area contributed by atoms with Crippen molar-refractivity contribution in [3.63, 3.8) is 0 Å². The number of amides is 1. The summed E-state index contributed by atoms with van der Waals surface area (Å²) >= 11 is 0. The molecule has 0 aliphatic heterocycles. The topological polar surface area (TPSA) is 64.4 Å².